The molecule has 0 saturated carbocycles. The number of carbonyl (C=O) groups is 2. The molecule has 0 bridgehead atoms. The minimum absolute atomic E-state index is 0.0449. The molecular formula is C18H24O6. The number of ketones is 1. The number of Topliss-reactive ketones (excluding diaryl/α,β-unsaturated/α-hetero) is 1. The summed E-state index contributed by atoms with van der Waals surface area (Å²) < 4.78 is 21.6. The van der Waals surface area contributed by atoms with Gasteiger partial charge in [0.25, 0.3) is 0 Å². The maximum atomic E-state index is 12.9. The zero-order chi connectivity index (χ0) is 18.0. The minimum Gasteiger partial charge on any atom is -0.496 e. The van der Waals surface area contributed by atoms with Crippen molar-refractivity contribution >= 4 is 11.8 Å². The van der Waals surface area contributed by atoms with Crippen molar-refractivity contribution < 1.29 is 28.5 Å². The lowest BCUT2D eigenvalue weighted by molar-refractivity contribution is -0.145. The maximum Gasteiger partial charge on any atom is 0.317 e. The lowest BCUT2D eigenvalue weighted by Gasteiger charge is -2.22. The maximum absolute atomic E-state index is 12.9. The standard InChI is InChI=1S/C18H24O6/c1-7-24-18(20)11-8-10-13(14(11)19)16(22-5)12(9(2)3)17(23-6)15(10)21-4/h9,11H,7-8H2,1-6H3. The first kappa shape index (κ1) is 18.1. The van der Waals surface area contributed by atoms with Crippen LogP contribution in [0.2, 0.25) is 0 Å². The van der Waals surface area contributed by atoms with Gasteiger partial charge in [0, 0.05) is 11.1 Å². The van der Waals surface area contributed by atoms with Gasteiger partial charge in [-0.1, -0.05) is 13.8 Å². The van der Waals surface area contributed by atoms with Crippen molar-refractivity contribution in [2.75, 3.05) is 27.9 Å². The molecule has 1 aliphatic rings. The molecule has 1 aliphatic carbocycles. The number of fused-ring (bicyclic) bond motifs is 1. The summed E-state index contributed by atoms with van der Waals surface area (Å²) in [5.74, 6) is -0.151. The van der Waals surface area contributed by atoms with Crippen LogP contribution >= 0.6 is 0 Å². The van der Waals surface area contributed by atoms with E-state index >= 15 is 0 Å². The van der Waals surface area contributed by atoms with Crippen molar-refractivity contribution in [3.8, 4) is 17.2 Å². The van der Waals surface area contributed by atoms with Crippen LogP contribution in [0.25, 0.3) is 0 Å². The van der Waals surface area contributed by atoms with Gasteiger partial charge in [0.15, 0.2) is 17.3 Å². The first-order chi connectivity index (χ1) is 11.4. The summed E-state index contributed by atoms with van der Waals surface area (Å²) in [7, 11) is 4.59. The third-order valence-corrected chi connectivity index (χ3v) is 4.23. The van der Waals surface area contributed by atoms with Gasteiger partial charge in [0.2, 0.25) is 0 Å². The summed E-state index contributed by atoms with van der Waals surface area (Å²) in [4.78, 5) is 25.0. The molecule has 24 heavy (non-hydrogen) atoms. The molecule has 1 aromatic carbocycles. The van der Waals surface area contributed by atoms with Crippen molar-refractivity contribution in [1.29, 1.82) is 0 Å². The third-order valence-electron chi connectivity index (χ3n) is 4.23. The number of benzene rings is 1. The van der Waals surface area contributed by atoms with E-state index in [0.717, 1.165) is 5.56 Å². The molecule has 0 amide bonds. The van der Waals surface area contributed by atoms with Gasteiger partial charge >= 0.3 is 5.97 Å². The van der Waals surface area contributed by atoms with E-state index in [1.807, 2.05) is 13.8 Å². The van der Waals surface area contributed by atoms with Crippen LogP contribution in [0, 0.1) is 5.92 Å². The molecule has 1 atom stereocenters. The van der Waals surface area contributed by atoms with E-state index in [1.54, 1.807) is 14.0 Å². The Morgan fingerprint density at radius 3 is 2.12 bits per heavy atom. The van der Waals surface area contributed by atoms with Gasteiger partial charge in [0.1, 0.15) is 11.7 Å². The number of rotatable bonds is 6. The number of hydrogen-bond donors (Lipinski definition) is 0. The summed E-state index contributed by atoms with van der Waals surface area (Å²) in [6.07, 6.45) is 0.223. The van der Waals surface area contributed by atoms with Gasteiger partial charge in [-0.15, -0.1) is 0 Å². The van der Waals surface area contributed by atoms with E-state index in [0.29, 0.717) is 28.4 Å². The van der Waals surface area contributed by atoms with Crippen molar-refractivity contribution in [2.45, 2.75) is 33.1 Å². The van der Waals surface area contributed by atoms with Crippen LogP contribution < -0.4 is 14.2 Å². The molecule has 2 rings (SSSR count). The largest absolute Gasteiger partial charge is 0.496 e. The molecule has 1 unspecified atom stereocenters. The molecular weight excluding hydrogens is 312 g/mol. The molecule has 0 aromatic heterocycles. The molecule has 0 aliphatic heterocycles. The summed E-state index contributed by atoms with van der Waals surface area (Å²) in [5.41, 5.74) is 1.80. The van der Waals surface area contributed by atoms with Crippen LogP contribution in [-0.2, 0) is 16.0 Å². The summed E-state index contributed by atoms with van der Waals surface area (Å²) >= 11 is 0. The highest BCUT2D eigenvalue weighted by Crippen LogP contribution is 2.51. The highest BCUT2D eigenvalue weighted by molar-refractivity contribution is 6.15. The van der Waals surface area contributed by atoms with E-state index < -0.39 is 11.9 Å². The molecule has 0 fully saturated rings. The Bertz CT molecular complexity index is 662. The number of hydrogen-bond acceptors (Lipinski definition) is 6. The number of ether oxygens (including phenoxy) is 4. The predicted molar refractivity (Wildman–Crippen MR) is 88.3 cm³/mol. The second-order valence-electron chi connectivity index (χ2n) is 5.89. The van der Waals surface area contributed by atoms with E-state index in [-0.39, 0.29) is 24.7 Å². The number of carbonyl (C=O) groups excluding carboxylic acids is 2. The van der Waals surface area contributed by atoms with E-state index in [9.17, 15) is 9.59 Å². The fourth-order valence-electron chi connectivity index (χ4n) is 3.26. The Morgan fingerprint density at radius 1 is 1.08 bits per heavy atom. The number of methoxy groups -OCH3 is 3. The van der Waals surface area contributed by atoms with Crippen LogP contribution in [0.3, 0.4) is 0 Å². The molecule has 0 spiro atoms. The van der Waals surface area contributed by atoms with Crippen molar-refractivity contribution in [1.82, 2.24) is 0 Å². The van der Waals surface area contributed by atoms with Gasteiger partial charge in [0.05, 0.1) is 33.5 Å². The smallest absolute Gasteiger partial charge is 0.317 e. The number of esters is 1. The Labute approximate surface area is 142 Å². The fraction of sp³-hybridized carbons (Fsp3) is 0.556. The molecule has 6 nitrogen and oxygen atoms in total. The summed E-state index contributed by atoms with van der Waals surface area (Å²) in [6.45, 7) is 5.91. The lowest BCUT2D eigenvalue weighted by Crippen LogP contribution is -2.23. The van der Waals surface area contributed by atoms with E-state index in [4.69, 9.17) is 18.9 Å². The van der Waals surface area contributed by atoms with Crippen molar-refractivity contribution in [3.63, 3.8) is 0 Å². The quantitative estimate of drug-likeness (QED) is 0.588. The Balaban J connectivity index is 2.72. The van der Waals surface area contributed by atoms with Crippen LogP contribution in [0.15, 0.2) is 0 Å². The zero-order valence-corrected chi connectivity index (χ0v) is 15.0. The average Bonchev–Trinajstić information content (AvgIpc) is 2.90. The zero-order valence-electron chi connectivity index (χ0n) is 15.0. The van der Waals surface area contributed by atoms with Crippen molar-refractivity contribution in [2.24, 2.45) is 5.92 Å². The van der Waals surface area contributed by atoms with E-state index in [2.05, 4.69) is 0 Å². The summed E-state index contributed by atoms with van der Waals surface area (Å²) in [6, 6.07) is 0. The molecule has 1 aromatic rings. The molecule has 0 heterocycles. The molecule has 0 radical (unpaired) electrons. The highest BCUT2D eigenvalue weighted by Gasteiger charge is 2.43. The topological polar surface area (TPSA) is 71.1 Å². The van der Waals surface area contributed by atoms with Crippen LogP contribution in [0.1, 0.15) is 48.2 Å². The SMILES string of the molecule is CCOC(=O)C1Cc2c(OC)c(OC)c(C(C)C)c(OC)c2C1=O. The monoisotopic (exact) mass is 336 g/mol. The van der Waals surface area contributed by atoms with E-state index in [1.165, 1.54) is 14.2 Å². The first-order valence-electron chi connectivity index (χ1n) is 7.98. The van der Waals surface area contributed by atoms with Gasteiger partial charge < -0.3 is 18.9 Å². The van der Waals surface area contributed by atoms with Crippen LogP contribution in [0.4, 0.5) is 0 Å². The third kappa shape index (κ3) is 2.70. The molecule has 6 heteroatoms. The average molecular weight is 336 g/mol. The van der Waals surface area contributed by atoms with Gasteiger partial charge in [-0.3, -0.25) is 9.59 Å². The predicted octanol–water partition coefficient (Wildman–Crippen LogP) is 2.75. The van der Waals surface area contributed by atoms with Gasteiger partial charge in [-0.25, -0.2) is 0 Å². The highest BCUT2D eigenvalue weighted by atomic mass is 16.5. The first-order valence-corrected chi connectivity index (χ1v) is 7.98. The summed E-state index contributed by atoms with van der Waals surface area (Å²) in [5, 5.41) is 0. The lowest BCUT2D eigenvalue weighted by atomic mass is 9.94. The Kier molecular flexibility index (Phi) is 5.36. The Hall–Kier alpha value is -2.24. The molecule has 132 valence electrons. The normalized spacial score (nSPS) is 16.1. The van der Waals surface area contributed by atoms with Gasteiger partial charge in [-0.05, 0) is 19.3 Å². The van der Waals surface area contributed by atoms with Gasteiger partial charge in [-0.2, -0.15) is 0 Å². The Morgan fingerprint density at radius 2 is 1.67 bits per heavy atom. The fourth-order valence-corrected chi connectivity index (χ4v) is 3.26. The van der Waals surface area contributed by atoms with Crippen LogP contribution in [-0.4, -0.2) is 39.7 Å². The van der Waals surface area contributed by atoms with Crippen LogP contribution in [0.5, 0.6) is 17.2 Å². The minimum atomic E-state index is -0.866. The second-order valence-corrected chi connectivity index (χ2v) is 5.89. The molecule has 0 saturated heterocycles. The van der Waals surface area contributed by atoms with Crippen molar-refractivity contribution in [3.05, 3.63) is 16.7 Å². The molecule has 0 N–H and O–H groups in total. The second kappa shape index (κ2) is 7.11.